The number of hydrogen-bond donors (Lipinski definition) is 2. The van der Waals surface area contributed by atoms with Gasteiger partial charge in [0.15, 0.2) is 5.82 Å². The van der Waals surface area contributed by atoms with Crippen LogP contribution in [0, 0.1) is 11.6 Å². The highest BCUT2D eigenvalue weighted by molar-refractivity contribution is 7.92. The topological polar surface area (TPSA) is 145 Å². The summed E-state index contributed by atoms with van der Waals surface area (Å²) in [5.74, 6) is -3.03. The number of aromatic nitrogens is 2. The van der Waals surface area contributed by atoms with Crippen molar-refractivity contribution in [3.63, 3.8) is 0 Å². The Hall–Kier alpha value is -4.53. The van der Waals surface area contributed by atoms with Gasteiger partial charge in [-0.05, 0) is 50.6 Å². The van der Waals surface area contributed by atoms with Crippen LogP contribution in [0.25, 0.3) is 0 Å². The third-order valence-corrected chi connectivity index (χ3v) is 8.19. The first-order valence-electron chi connectivity index (χ1n) is 13.4. The highest BCUT2D eigenvalue weighted by Crippen LogP contribution is 2.32. The number of amides is 1. The molecular formula is C28H34F2N6O6S. The minimum atomic E-state index is -4.52. The van der Waals surface area contributed by atoms with Gasteiger partial charge in [-0.2, -0.15) is 4.98 Å². The highest BCUT2D eigenvalue weighted by Gasteiger charge is 2.30. The molecular weight excluding hydrogens is 586 g/mol. The summed E-state index contributed by atoms with van der Waals surface area (Å²) in [6.07, 6.45) is 0.594. The molecule has 232 valence electrons. The van der Waals surface area contributed by atoms with Crippen molar-refractivity contribution in [3.8, 4) is 5.75 Å². The molecule has 3 rings (SSSR count). The van der Waals surface area contributed by atoms with Crippen molar-refractivity contribution < 1.29 is 36.6 Å². The second-order valence-electron chi connectivity index (χ2n) is 9.50. The average Bonchev–Trinajstić information content (AvgIpc) is 2.95. The van der Waals surface area contributed by atoms with E-state index in [1.54, 1.807) is 17.0 Å². The van der Waals surface area contributed by atoms with Crippen molar-refractivity contribution in [3.05, 3.63) is 65.9 Å². The smallest absolute Gasteiger partial charge is 0.414 e. The van der Waals surface area contributed by atoms with Gasteiger partial charge in [-0.25, -0.2) is 31.8 Å². The Kier molecular flexibility index (Phi) is 10.8. The summed E-state index contributed by atoms with van der Waals surface area (Å²) >= 11 is 0. The number of carboxylic acid groups (broad SMARTS) is 1. The van der Waals surface area contributed by atoms with Gasteiger partial charge >= 0.3 is 12.1 Å². The molecule has 1 unspecified atom stereocenters. The van der Waals surface area contributed by atoms with Crippen molar-refractivity contribution in [2.75, 3.05) is 48.3 Å². The van der Waals surface area contributed by atoms with E-state index in [-0.39, 0.29) is 36.2 Å². The molecule has 12 nitrogen and oxygen atoms in total. The Labute approximate surface area is 249 Å². The number of benzene rings is 2. The maximum Gasteiger partial charge on any atom is 0.414 e. The Bertz CT molecular complexity index is 1530. The van der Waals surface area contributed by atoms with Gasteiger partial charge in [-0.15, -0.1) is 0 Å². The van der Waals surface area contributed by atoms with Crippen molar-refractivity contribution in [1.29, 1.82) is 0 Å². The lowest BCUT2D eigenvalue weighted by molar-refractivity contribution is -0.137. The zero-order valence-corrected chi connectivity index (χ0v) is 25.2. The van der Waals surface area contributed by atoms with Crippen LogP contribution in [0.15, 0.2) is 53.6 Å². The van der Waals surface area contributed by atoms with Crippen LogP contribution in [0.5, 0.6) is 5.75 Å². The van der Waals surface area contributed by atoms with E-state index >= 15 is 0 Å². The quantitative estimate of drug-likeness (QED) is 0.288. The number of rotatable bonds is 13. The lowest BCUT2D eigenvalue weighted by atomic mass is 10.1. The summed E-state index contributed by atoms with van der Waals surface area (Å²) in [6.45, 7) is 6.09. The standard InChI is InChI=1S/C28H34F2N6O6S/c1-6-35(7-2)27-31-17-24(36(8-3)43(40,41)22-15-19(29)14-20(30)16-22)25(33-27)32-23(26(37)38)13-18-9-11-21(12-10-18)42-28(39)34(4)5/h9-12,14-17,23H,6-8,13H2,1-5H3,(H,37,38)(H,31,32,33). The first-order chi connectivity index (χ1) is 20.3. The van der Waals surface area contributed by atoms with E-state index in [0.717, 1.165) is 4.31 Å². The molecule has 0 saturated carbocycles. The van der Waals surface area contributed by atoms with Crippen molar-refractivity contribution in [2.45, 2.75) is 38.1 Å². The lowest BCUT2D eigenvalue weighted by Crippen LogP contribution is -2.36. The molecule has 0 spiro atoms. The number of nitrogens with one attached hydrogen (secondary N) is 1. The number of nitrogens with zero attached hydrogens (tertiary/aromatic N) is 5. The Balaban J connectivity index is 2.03. The number of carbonyl (C=O) groups is 2. The summed E-state index contributed by atoms with van der Waals surface area (Å²) in [4.78, 5) is 35.4. The van der Waals surface area contributed by atoms with Gasteiger partial charge < -0.3 is 25.0 Å². The number of ether oxygens (including phenoxy) is 1. The van der Waals surface area contributed by atoms with E-state index in [1.807, 2.05) is 13.8 Å². The van der Waals surface area contributed by atoms with E-state index in [4.69, 9.17) is 4.74 Å². The zero-order chi connectivity index (χ0) is 31.9. The second kappa shape index (κ2) is 14.1. The molecule has 43 heavy (non-hydrogen) atoms. The molecule has 1 atom stereocenters. The second-order valence-corrected chi connectivity index (χ2v) is 11.4. The molecule has 1 aromatic heterocycles. The molecule has 0 radical (unpaired) electrons. The molecule has 15 heteroatoms. The van der Waals surface area contributed by atoms with Gasteiger partial charge in [-0.3, -0.25) is 4.31 Å². The van der Waals surface area contributed by atoms with Crippen LogP contribution in [-0.4, -0.2) is 80.2 Å². The fourth-order valence-corrected chi connectivity index (χ4v) is 5.58. The molecule has 0 saturated heterocycles. The third kappa shape index (κ3) is 8.06. The first-order valence-corrected chi connectivity index (χ1v) is 14.8. The normalized spacial score (nSPS) is 11.9. The summed E-state index contributed by atoms with van der Waals surface area (Å²) in [7, 11) is -1.45. The number of hydrogen-bond acceptors (Lipinski definition) is 9. The van der Waals surface area contributed by atoms with Gasteiger partial charge in [0.05, 0.1) is 11.1 Å². The maximum atomic E-state index is 14.0. The molecule has 0 aliphatic carbocycles. The molecule has 0 bridgehead atoms. The van der Waals surface area contributed by atoms with Gasteiger partial charge in [-0.1, -0.05) is 12.1 Å². The fourth-order valence-electron chi connectivity index (χ4n) is 4.07. The minimum absolute atomic E-state index is 0.0602. The Morgan fingerprint density at radius 1 is 1.00 bits per heavy atom. The van der Waals surface area contributed by atoms with Crippen molar-refractivity contribution in [1.82, 2.24) is 14.9 Å². The molecule has 2 N–H and O–H groups in total. The van der Waals surface area contributed by atoms with Gasteiger partial charge in [0.2, 0.25) is 5.95 Å². The number of carbonyl (C=O) groups excluding carboxylic acids is 1. The van der Waals surface area contributed by atoms with Crippen LogP contribution >= 0.6 is 0 Å². The highest BCUT2D eigenvalue weighted by atomic mass is 32.2. The molecule has 1 heterocycles. The van der Waals surface area contributed by atoms with Crippen LogP contribution in [0.4, 0.5) is 31.0 Å². The number of anilines is 3. The molecule has 0 aliphatic heterocycles. The third-order valence-electron chi connectivity index (χ3n) is 6.33. The first kappa shape index (κ1) is 33.0. The summed E-state index contributed by atoms with van der Waals surface area (Å²) in [5, 5.41) is 12.9. The van der Waals surface area contributed by atoms with Gasteiger partial charge in [0.25, 0.3) is 10.0 Å². The molecule has 0 fully saturated rings. The van der Waals surface area contributed by atoms with E-state index in [0.29, 0.717) is 36.9 Å². The van der Waals surface area contributed by atoms with E-state index in [9.17, 15) is 31.9 Å². The number of sulfonamides is 1. The number of halogens is 2. The molecule has 3 aromatic rings. The largest absolute Gasteiger partial charge is 0.480 e. The number of aliphatic carboxylic acids is 1. The predicted molar refractivity (Wildman–Crippen MR) is 157 cm³/mol. The summed E-state index contributed by atoms with van der Waals surface area (Å²) in [5.41, 5.74) is 0.458. The van der Waals surface area contributed by atoms with Crippen LogP contribution in [0.2, 0.25) is 0 Å². The zero-order valence-electron chi connectivity index (χ0n) is 24.4. The SMILES string of the molecule is CCN(CC)c1ncc(N(CC)S(=O)(=O)c2cc(F)cc(F)c2)c(NC(Cc2ccc(OC(=O)N(C)C)cc2)C(=O)O)n1. The van der Waals surface area contributed by atoms with Crippen LogP contribution in [0.3, 0.4) is 0 Å². The van der Waals surface area contributed by atoms with Crippen LogP contribution in [0.1, 0.15) is 26.3 Å². The Morgan fingerprint density at radius 2 is 1.60 bits per heavy atom. The Morgan fingerprint density at radius 3 is 2.12 bits per heavy atom. The lowest BCUT2D eigenvalue weighted by Gasteiger charge is -2.27. The molecule has 1 amide bonds. The molecule has 0 aliphatic rings. The minimum Gasteiger partial charge on any atom is -0.480 e. The van der Waals surface area contributed by atoms with Crippen molar-refractivity contribution >= 4 is 39.5 Å². The predicted octanol–water partition coefficient (Wildman–Crippen LogP) is 3.98. The van der Waals surface area contributed by atoms with Gasteiger partial charge in [0.1, 0.15) is 29.1 Å². The van der Waals surface area contributed by atoms with E-state index in [1.165, 1.54) is 44.2 Å². The van der Waals surface area contributed by atoms with Gasteiger partial charge in [0, 0.05) is 46.2 Å². The summed E-state index contributed by atoms with van der Waals surface area (Å²) in [6, 6.07) is 6.89. The number of carboxylic acids is 1. The fraction of sp³-hybridized carbons (Fsp3) is 0.357. The van der Waals surface area contributed by atoms with E-state index < -0.39 is 44.7 Å². The summed E-state index contributed by atoms with van der Waals surface area (Å²) < 4.78 is 61.1. The monoisotopic (exact) mass is 620 g/mol. The van der Waals surface area contributed by atoms with Crippen molar-refractivity contribution in [2.24, 2.45) is 0 Å². The van der Waals surface area contributed by atoms with Crippen LogP contribution < -0.4 is 19.3 Å². The van der Waals surface area contributed by atoms with E-state index in [2.05, 4.69) is 15.3 Å². The maximum absolute atomic E-state index is 14.0. The average molecular weight is 621 g/mol. The molecule has 2 aromatic carbocycles. The van der Waals surface area contributed by atoms with Crippen LogP contribution in [-0.2, 0) is 21.2 Å².